The Morgan fingerprint density at radius 2 is 1.64 bits per heavy atom. The van der Waals surface area contributed by atoms with Gasteiger partial charge in [0.25, 0.3) is 0 Å². The Kier molecular flexibility index (Phi) is 5.10. The minimum absolute atomic E-state index is 0.694. The zero-order chi connectivity index (χ0) is 10.4. The molecule has 1 aromatic carbocycles. The highest BCUT2D eigenvalue weighted by Crippen LogP contribution is 2.37. The molecule has 2 nitrogen and oxygen atoms in total. The van der Waals surface area contributed by atoms with E-state index >= 15 is 0 Å². The topological polar surface area (TPSA) is 18.5 Å². The third-order valence-corrected chi connectivity index (χ3v) is 3.69. The van der Waals surface area contributed by atoms with Crippen molar-refractivity contribution in [1.82, 2.24) is 0 Å². The number of hydrogen-bond donors (Lipinski definition) is 0. The number of aryl methyl sites for hydroxylation is 1. The second kappa shape index (κ2) is 6.13. The SMILES string of the molecule is CCOP(OCC)c1ccccc1C. The molecule has 1 rings (SSSR count). The van der Waals surface area contributed by atoms with Gasteiger partial charge in [-0.3, -0.25) is 0 Å². The summed E-state index contributed by atoms with van der Waals surface area (Å²) in [5.41, 5.74) is 1.24. The van der Waals surface area contributed by atoms with Crippen LogP contribution in [-0.4, -0.2) is 13.2 Å². The molecule has 1 aromatic rings. The lowest BCUT2D eigenvalue weighted by molar-refractivity contribution is 0.277. The lowest BCUT2D eigenvalue weighted by Crippen LogP contribution is -2.09. The first-order valence-electron chi connectivity index (χ1n) is 4.91. The Hall–Kier alpha value is -0.430. The van der Waals surface area contributed by atoms with Crippen LogP contribution >= 0.6 is 8.38 Å². The summed E-state index contributed by atoms with van der Waals surface area (Å²) in [5, 5.41) is 1.19. The summed E-state index contributed by atoms with van der Waals surface area (Å²) in [4.78, 5) is 0. The third-order valence-electron chi connectivity index (χ3n) is 1.80. The predicted octanol–water partition coefficient (Wildman–Crippen LogP) is 3.01. The molecule has 0 saturated carbocycles. The van der Waals surface area contributed by atoms with Crippen molar-refractivity contribution in [1.29, 1.82) is 0 Å². The van der Waals surface area contributed by atoms with Gasteiger partial charge in [0.15, 0.2) is 0 Å². The molecule has 0 radical (unpaired) electrons. The second-order valence-corrected chi connectivity index (χ2v) is 4.39. The van der Waals surface area contributed by atoms with Crippen molar-refractivity contribution < 1.29 is 9.05 Å². The molecule has 0 saturated heterocycles. The van der Waals surface area contributed by atoms with E-state index in [1.807, 2.05) is 26.0 Å². The maximum atomic E-state index is 5.59. The van der Waals surface area contributed by atoms with Crippen molar-refractivity contribution in [2.75, 3.05) is 13.2 Å². The molecule has 78 valence electrons. The van der Waals surface area contributed by atoms with Crippen LogP contribution in [0.4, 0.5) is 0 Å². The lowest BCUT2D eigenvalue weighted by atomic mass is 10.2. The summed E-state index contributed by atoms with van der Waals surface area (Å²) in [7, 11) is -0.877. The zero-order valence-corrected chi connectivity index (χ0v) is 9.88. The molecule has 0 unspecified atom stereocenters. The summed E-state index contributed by atoms with van der Waals surface area (Å²) in [6, 6.07) is 8.22. The summed E-state index contributed by atoms with van der Waals surface area (Å²) >= 11 is 0. The van der Waals surface area contributed by atoms with Crippen molar-refractivity contribution in [3.05, 3.63) is 29.8 Å². The largest absolute Gasteiger partial charge is 0.331 e. The van der Waals surface area contributed by atoms with Gasteiger partial charge in [0.1, 0.15) is 0 Å². The summed E-state index contributed by atoms with van der Waals surface area (Å²) in [5.74, 6) is 0. The van der Waals surface area contributed by atoms with Gasteiger partial charge in [0, 0.05) is 5.30 Å². The number of rotatable bonds is 5. The smallest absolute Gasteiger partial charge is 0.205 e. The molecule has 14 heavy (non-hydrogen) atoms. The lowest BCUT2D eigenvalue weighted by Gasteiger charge is -2.17. The van der Waals surface area contributed by atoms with Gasteiger partial charge < -0.3 is 9.05 Å². The molecule has 0 aliphatic carbocycles. The molecule has 3 heteroatoms. The molecule has 0 bridgehead atoms. The van der Waals surface area contributed by atoms with E-state index in [9.17, 15) is 0 Å². The first-order valence-corrected chi connectivity index (χ1v) is 6.09. The Labute approximate surface area is 87.2 Å². The second-order valence-electron chi connectivity index (χ2n) is 2.88. The van der Waals surface area contributed by atoms with Gasteiger partial charge in [-0.2, -0.15) is 0 Å². The van der Waals surface area contributed by atoms with Crippen LogP contribution in [0.3, 0.4) is 0 Å². The van der Waals surface area contributed by atoms with E-state index in [2.05, 4.69) is 19.1 Å². The van der Waals surface area contributed by atoms with Gasteiger partial charge in [0.2, 0.25) is 8.38 Å². The number of hydrogen-bond acceptors (Lipinski definition) is 2. The highest BCUT2D eigenvalue weighted by Gasteiger charge is 2.13. The molecular weight excluding hydrogens is 195 g/mol. The van der Waals surface area contributed by atoms with Crippen molar-refractivity contribution >= 4 is 13.7 Å². The van der Waals surface area contributed by atoms with Crippen molar-refractivity contribution in [2.45, 2.75) is 20.8 Å². The Morgan fingerprint density at radius 1 is 1.07 bits per heavy atom. The fourth-order valence-electron chi connectivity index (χ4n) is 1.18. The van der Waals surface area contributed by atoms with E-state index < -0.39 is 8.38 Å². The molecule has 0 fully saturated rings. The van der Waals surface area contributed by atoms with Crippen molar-refractivity contribution in [3.63, 3.8) is 0 Å². The van der Waals surface area contributed by atoms with Gasteiger partial charge in [-0.05, 0) is 32.4 Å². The Bertz CT molecular complexity index is 270. The van der Waals surface area contributed by atoms with Crippen LogP contribution in [0.25, 0.3) is 0 Å². The van der Waals surface area contributed by atoms with Crippen LogP contribution in [0, 0.1) is 6.92 Å². The monoisotopic (exact) mass is 212 g/mol. The van der Waals surface area contributed by atoms with E-state index in [-0.39, 0.29) is 0 Å². The molecule has 0 N–H and O–H groups in total. The molecule has 0 atom stereocenters. The predicted molar refractivity (Wildman–Crippen MR) is 61.0 cm³/mol. The Balaban J connectivity index is 2.81. The highest BCUT2D eigenvalue weighted by atomic mass is 31.2. The van der Waals surface area contributed by atoms with Crippen molar-refractivity contribution in [2.24, 2.45) is 0 Å². The quantitative estimate of drug-likeness (QED) is 0.698. The zero-order valence-electron chi connectivity index (χ0n) is 8.99. The molecule has 0 amide bonds. The van der Waals surface area contributed by atoms with Gasteiger partial charge >= 0.3 is 0 Å². The summed E-state index contributed by atoms with van der Waals surface area (Å²) in [6.07, 6.45) is 0. The normalized spacial score (nSPS) is 10.9. The van der Waals surface area contributed by atoms with Gasteiger partial charge in [-0.25, -0.2) is 0 Å². The van der Waals surface area contributed by atoms with Crippen molar-refractivity contribution in [3.8, 4) is 0 Å². The molecule has 0 aromatic heterocycles. The third kappa shape index (κ3) is 3.06. The molecular formula is C11H17O2P. The van der Waals surface area contributed by atoms with E-state index in [4.69, 9.17) is 9.05 Å². The first kappa shape index (κ1) is 11.6. The average molecular weight is 212 g/mol. The fourth-order valence-corrected chi connectivity index (χ4v) is 2.57. The van der Waals surface area contributed by atoms with Crippen LogP contribution in [0.1, 0.15) is 19.4 Å². The van der Waals surface area contributed by atoms with Crippen LogP contribution in [0.2, 0.25) is 0 Å². The molecule has 0 aliphatic heterocycles. The molecule has 0 aliphatic rings. The minimum atomic E-state index is -0.877. The van der Waals surface area contributed by atoms with Crippen LogP contribution in [0.5, 0.6) is 0 Å². The van der Waals surface area contributed by atoms with Gasteiger partial charge in [0.05, 0.1) is 13.2 Å². The average Bonchev–Trinajstić information content (AvgIpc) is 2.18. The standard InChI is InChI=1S/C11H17O2P/c1-4-12-14(13-5-2)11-9-7-6-8-10(11)3/h6-9H,4-5H2,1-3H3. The maximum Gasteiger partial charge on any atom is 0.205 e. The van der Waals surface area contributed by atoms with Crippen LogP contribution in [0.15, 0.2) is 24.3 Å². The summed E-state index contributed by atoms with van der Waals surface area (Å²) in [6.45, 7) is 7.46. The van der Waals surface area contributed by atoms with Gasteiger partial charge in [-0.15, -0.1) is 0 Å². The Morgan fingerprint density at radius 3 is 2.14 bits per heavy atom. The van der Waals surface area contributed by atoms with Crippen LogP contribution in [-0.2, 0) is 9.05 Å². The van der Waals surface area contributed by atoms with E-state index in [0.29, 0.717) is 13.2 Å². The highest BCUT2D eigenvalue weighted by molar-refractivity contribution is 7.56. The van der Waals surface area contributed by atoms with E-state index in [0.717, 1.165) is 0 Å². The summed E-state index contributed by atoms with van der Waals surface area (Å²) < 4.78 is 11.2. The molecule has 0 heterocycles. The first-order chi connectivity index (χ1) is 6.79. The van der Waals surface area contributed by atoms with E-state index in [1.54, 1.807) is 0 Å². The van der Waals surface area contributed by atoms with Crippen LogP contribution < -0.4 is 5.30 Å². The number of benzene rings is 1. The fraction of sp³-hybridized carbons (Fsp3) is 0.455. The maximum absolute atomic E-state index is 5.59. The molecule has 0 spiro atoms. The minimum Gasteiger partial charge on any atom is -0.331 e. The van der Waals surface area contributed by atoms with Gasteiger partial charge in [-0.1, -0.05) is 18.2 Å². The van der Waals surface area contributed by atoms with E-state index in [1.165, 1.54) is 10.9 Å².